The van der Waals surface area contributed by atoms with Crippen LogP contribution in [0, 0.1) is 0 Å². The molecule has 0 aliphatic carbocycles. The van der Waals surface area contributed by atoms with Crippen LogP contribution in [0.15, 0.2) is 42.7 Å². The molecule has 0 spiro atoms. The second kappa shape index (κ2) is 6.55. The maximum atomic E-state index is 6.04. The summed E-state index contributed by atoms with van der Waals surface area (Å²) >= 11 is 6.04. The molecule has 0 fully saturated rings. The van der Waals surface area contributed by atoms with Crippen LogP contribution in [0.25, 0.3) is 0 Å². The Morgan fingerprint density at radius 1 is 1.26 bits per heavy atom. The second-order valence-electron chi connectivity index (χ2n) is 4.34. The van der Waals surface area contributed by atoms with E-state index in [1.54, 1.807) is 12.4 Å². The summed E-state index contributed by atoms with van der Waals surface area (Å²) in [7, 11) is 1.91. The molecule has 3 nitrogen and oxygen atoms in total. The molecule has 0 saturated carbocycles. The number of rotatable bonds is 5. The second-order valence-corrected chi connectivity index (χ2v) is 4.77. The molecule has 2 aromatic rings. The summed E-state index contributed by atoms with van der Waals surface area (Å²) in [6.07, 6.45) is 3.52. The lowest BCUT2D eigenvalue weighted by molar-refractivity contribution is 0.300. The van der Waals surface area contributed by atoms with E-state index in [0.29, 0.717) is 11.6 Å². The zero-order valence-corrected chi connectivity index (χ0v) is 11.8. The van der Waals surface area contributed by atoms with E-state index in [2.05, 4.69) is 17.2 Å². The molecule has 0 saturated heterocycles. The Kier molecular flexibility index (Phi) is 4.77. The quantitative estimate of drug-likeness (QED) is 0.906. The molecule has 1 aromatic heterocycles. The minimum absolute atomic E-state index is 0.186. The monoisotopic (exact) mass is 276 g/mol. The lowest BCUT2D eigenvalue weighted by atomic mass is 10.1. The van der Waals surface area contributed by atoms with Crippen molar-refractivity contribution in [1.29, 1.82) is 0 Å². The predicted molar refractivity (Wildman–Crippen MR) is 77.5 cm³/mol. The first-order chi connectivity index (χ1) is 9.20. The number of nitrogens with one attached hydrogen (secondary N) is 1. The van der Waals surface area contributed by atoms with Crippen molar-refractivity contribution in [3.63, 3.8) is 0 Å². The van der Waals surface area contributed by atoms with E-state index < -0.39 is 0 Å². The van der Waals surface area contributed by atoms with Crippen LogP contribution >= 0.6 is 11.6 Å². The molecular weight excluding hydrogens is 260 g/mol. The van der Waals surface area contributed by atoms with Crippen LogP contribution < -0.4 is 10.1 Å². The molecule has 100 valence electrons. The number of ether oxygens (including phenoxy) is 1. The van der Waals surface area contributed by atoms with Crippen LogP contribution in [0.4, 0.5) is 0 Å². The summed E-state index contributed by atoms with van der Waals surface area (Å²) in [4.78, 5) is 3.99. The number of nitrogens with zero attached hydrogens (tertiary/aromatic N) is 1. The van der Waals surface area contributed by atoms with E-state index in [1.165, 1.54) is 0 Å². The molecule has 1 unspecified atom stereocenters. The number of benzene rings is 1. The molecule has 0 aliphatic rings. The van der Waals surface area contributed by atoms with Gasteiger partial charge in [-0.1, -0.05) is 11.6 Å². The van der Waals surface area contributed by atoms with E-state index in [1.807, 2.05) is 37.4 Å². The van der Waals surface area contributed by atoms with Crippen LogP contribution in [0.1, 0.15) is 24.1 Å². The van der Waals surface area contributed by atoms with Crippen molar-refractivity contribution in [2.24, 2.45) is 0 Å². The zero-order valence-electron chi connectivity index (χ0n) is 11.1. The first-order valence-corrected chi connectivity index (χ1v) is 6.57. The van der Waals surface area contributed by atoms with Gasteiger partial charge in [-0.25, -0.2) is 0 Å². The van der Waals surface area contributed by atoms with Gasteiger partial charge in [0.2, 0.25) is 0 Å². The Labute approximate surface area is 118 Å². The molecule has 1 N–H and O–H groups in total. The first-order valence-electron chi connectivity index (χ1n) is 6.19. The van der Waals surface area contributed by atoms with Gasteiger partial charge in [0.1, 0.15) is 12.4 Å². The van der Waals surface area contributed by atoms with Gasteiger partial charge >= 0.3 is 0 Å². The third kappa shape index (κ3) is 3.69. The van der Waals surface area contributed by atoms with Crippen molar-refractivity contribution in [2.45, 2.75) is 19.6 Å². The summed E-state index contributed by atoms with van der Waals surface area (Å²) in [5, 5.41) is 3.91. The van der Waals surface area contributed by atoms with Gasteiger partial charge in [-0.3, -0.25) is 4.98 Å². The van der Waals surface area contributed by atoms with E-state index in [0.717, 1.165) is 16.9 Å². The summed E-state index contributed by atoms with van der Waals surface area (Å²) in [6.45, 7) is 2.60. The highest BCUT2D eigenvalue weighted by atomic mass is 35.5. The highest BCUT2D eigenvalue weighted by Gasteiger charge is 2.11. The van der Waals surface area contributed by atoms with Crippen molar-refractivity contribution in [3.05, 3.63) is 58.9 Å². The third-order valence-electron chi connectivity index (χ3n) is 3.02. The molecule has 0 aliphatic heterocycles. The lowest BCUT2D eigenvalue weighted by Gasteiger charge is -2.17. The Hall–Kier alpha value is -1.58. The molecule has 19 heavy (non-hydrogen) atoms. The van der Waals surface area contributed by atoms with Crippen LogP contribution in [0.3, 0.4) is 0 Å². The Morgan fingerprint density at radius 2 is 2.00 bits per heavy atom. The highest BCUT2D eigenvalue weighted by Crippen LogP contribution is 2.28. The van der Waals surface area contributed by atoms with Crippen LogP contribution in [-0.2, 0) is 6.61 Å². The maximum absolute atomic E-state index is 6.04. The molecule has 2 rings (SSSR count). The molecule has 1 atom stereocenters. The minimum atomic E-state index is 0.186. The van der Waals surface area contributed by atoms with Crippen molar-refractivity contribution >= 4 is 11.6 Å². The molecule has 1 aromatic carbocycles. The van der Waals surface area contributed by atoms with Crippen LogP contribution in [0.2, 0.25) is 5.02 Å². The van der Waals surface area contributed by atoms with Gasteiger partial charge in [-0.05, 0) is 49.9 Å². The van der Waals surface area contributed by atoms with E-state index in [9.17, 15) is 0 Å². The SMILES string of the molecule is CNC(C)c1cc(Cl)ccc1OCc1ccncc1. The van der Waals surface area contributed by atoms with Crippen molar-refractivity contribution in [2.75, 3.05) is 7.05 Å². The fourth-order valence-corrected chi connectivity index (χ4v) is 1.97. The lowest BCUT2D eigenvalue weighted by Crippen LogP contribution is -2.13. The van der Waals surface area contributed by atoms with Crippen molar-refractivity contribution in [1.82, 2.24) is 10.3 Å². The molecular formula is C15H17ClN2O. The van der Waals surface area contributed by atoms with Gasteiger partial charge in [-0.15, -0.1) is 0 Å². The standard InChI is InChI=1S/C15H17ClN2O/c1-11(17-2)14-9-13(16)3-4-15(14)19-10-12-5-7-18-8-6-12/h3-9,11,17H,10H2,1-2H3. The zero-order chi connectivity index (χ0) is 13.7. The number of hydrogen-bond donors (Lipinski definition) is 1. The average molecular weight is 277 g/mol. The van der Waals surface area contributed by atoms with E-state index >= 15 is 0 Å². The normalized spacial score (nSPS) is 12.2. The number of halogens is 1. The smallest absolute Gasteiger partial charge is 0.124 e. The van der Waals surface area contributed by atoms with Crippen molar-refractivity contribution < 1.29 is 4.74 Å². The van der Waals surface area contributed by atoms with Gasteiger partial charge in [0.05, 0.1) is 0 Å². The Balaban J connectivity index is 2.15. The van der Waals surface area contributed by atoms with Gasteiger partial charge in [0.15, 0.2) is 0 Å². The number of hydrogen-bond acceptors (Lipinski definition) is 3. The summed E-state index contributed by atoms with van der Waals surface area (Å²) in [6, 6.07) is 9.76. The Bertz CT molecular complexity index is 531. The molecule has 0 amide bonds. The molecule has 1 heterocycles. The maximum Gasteiger partial charge on any atom is 0.124 e. The summed E-state index contributed by atoms with van der Waals surface area (Å²) in [5.74, 6) is 0.850. The van der Waals surface area contributed by atoms with E-state index in [4.69, 9.17) is 16.3 Å². The summed E-state index contributed by atoms with van der Waals surface area (Å²) in [5.41, 5.74) is 2.15. The largest absolute Gasteiger partial charge is 0.489 e. The summed E-state index contributed by atoms with van der Waals surface area (Å²) < 4.78 is 5.87. The predicted octanol–water partition coefficient (Wildman–Crippen LogP) is 3.59. The van der Waals surface area contributed by atoms with Crippen molar-refractivity contribution in [3.8, 4) is 5.75 Å². The highest BCUT2D eigenvalue weighted by molar-refractivity contribution is 6.30. The van der Waals surface area contributed by atoms with Gasteiger partial charge in [-0.2, -0.15) is 0 Å². The third-order valence-corrected chi connectivity index (χ3v) is 3.25. The van der Waals surface area contributed by atoms with Gasteiger partial charge in [0.25, 0.3) is 0 Å². The van der Waals surface area contributed by atoms with E-state index in [-0.39, 0.29) is 6.04 Å². The van der Waals surface area contributed by atoms with Crippen LogP contribution in [0.5, 0.6) is 5.75 Å². The topological polar surface area (TPSA) is 34.1 Å². The number of aromatic nitrogens is 1. The van der Waals surface area contributed by atoms with Gasteiger partial charge in [0, 0.05) is 29.0 Å². The van der Waals surface area contributed by atoms with Gasteiger partial charge < -0.3 is 10.1 Å². The fraction of sp³-hybridized carbons (Fsp3) is 0.267. The average Bonchev–Trinajstić information content (AvgIpc) is 2.46. The number of pyridine rings is 1. The Morgan fingerprint density at radius 3 is 2.68 bits per heavy atom. The molecule has 0 radical (unpaired) electrons. The van der Waals surface area contributed by atoms with Crippen LogP contribution in [-0.4, -0.2) is 12.0 Å². The minimum Gasteiger partial charge on any atom is -0.489 e. The fourth-order valence-electron chi connectivity index (χ4n) is 1.78. The first kappa shape index (κ1) is 13.8. The molecule has 0 bridgehead atoms. The molecule has 4 heteroatoms.